The molecule has 1 aromatic heterocycles. The highest BCUT2D eigenvalue weighted by atomic mass is 35.5. The van der Waals surface area contributed by atoms with Crippen molar-refractivity contribution in [2.75, 3.05) is 11.9 Å². The summed E-state index contributed by atoms with van der Waals surface area (Å²) in [4.78, 5) is 4.59. The minimum Gasteiger partial charge on any atom is -0.494 e. The molecule has 0 unspecified atom stereocenters. The van der Waals surface area contributed by atoms with E-state index in [1.165, 1.54) is 0 Å². The Hall–Kier alpha value is -1.97. The van der Waals surface area contributed by atoms with Gasteiger partial charge in [0.2, 0.25) is 0 Å². The summed E-state index contributed by atoms with van der Waals surface area (Å²) < 4.78 is 5.74. The van der Waals surface area contributed by atoms with E-state index in [0.29, 0.717) is 16.7 Å². The largest absolute Gasteiger partial charge is 0.494 e. The summed E-state index contributed by atoms with van der Waals surface area (Å²) in [6, 6.07) is 13.4. The highest BCUT2D eigenvalue weighted by Gasteiger charge is 2.08. The molecule has 0 atom stereocenters. The Balaban J connectivity index is 2.02. The van der Waals surface area contributed by atoms with E-state index >= 15 is 0 Å². The summed E-state index contributed by atoms with van der Waals surface area (Å²) in [7, 11) is 0. The lowest BCUT2D eigenvalue weighted by atomic mass is 10.1. The van der Waals surface area contributed by atoms with Gasteiger partial charge >= 0.3 is 0 Å². The molecule has 0 amide bonds. The number of aryl methyl sites for hydroxylation is 1. The number of nitrogens with zero attached hydrogens (tertiary/aromatic N) is 1. The van der Waals surface area contributed by atoms with Gasteiger partial charge in [-0.1, -0.05) is 30.1 Å². The predicted octanol–water partition coefficient (Wildman–Crippen LogP) is 6.38. The Labute approximate surface area is 151 Å². The molecule has 3 rings (SSSR count). The summed E-state index contributed by atoms with van der Waals surface area (Å²) in [5.74, 6) is 0.840. The first-order valence-electron chi connectivity index (χ1n) is 7.83. The number of benzene rings is 2. The van der Waals surface area contributed by atoms with Crippen LogP contribution in [0, 0.1) is 6.92 Å². The Morgan fingerprint density at radius 3 is 2.62 bits per heavy atom. The quantitative estimate of drug-likeness (QED) is 0.572. The molecular formula is C19H18Cl2N2O. The molecule has 0 aliphatic heterocycles. The Morgan fingerprint density at radius 1 is 1.04 bits per heavy atom. The minimum atomic E-state index is 0.517. The van der Waals surface area contributed by atoms with Crippen LogP contribution in [0.3, 0.4) is 0 Å². The first-order chi connectivity index (χ1) is 11.6. The average molecular weight is 361 g/mol. The van der Waals surface area contributed by atoms with Crippen LogP contribution in [0.1, 0.15) is 19.0 Å². The fourth-order valence-electron chi connectivity index (χ4n) is 2.48. The molecule has 0 bridgehead atoms. The number of ether oxygens (including phenoxy) is 1. The topological polar surface area (TPSA) is 34.1 Å². The van der Waals surface area contributed by atoms with Crippen LogP contribution in [0.15, 0.2) is 42.5 Å². The molecule has 3 nitrogen and oxygen atoms in total. The first-order valence-corrected chi connectivity index (χ1v) is 8.58. The van der Waals surface area contributed by atoms with Gasteiger partial charge in [0.25, 0.3) is 0 Å². The van der Waals surface area contributed by atoms with Gasteiger partial charge in [-0.2, -0.15) is 0 Å². The predicted molar refractivity (Wildman–Crippen MR) is 102 cm³/mol. The third-order valence-electron chi connectivity index (χ3n) is 3.58. The van der Waals surface area contributed by atoms with Crippen LogP contribution < -0.4 is 10.1 Å². The maximum atomic E-state index is 6.11. The standard InChI is InChI=1S/C19H18Cl2N2O/c1-3-8-24-14-5-7-18-15(11-14)19(9-12(2)22-18)23-13-4-6-16(20)17(21)10-13/h4-7,9-11H,3,8H2,1-2H3,(H,22,23). The van der Waals surface area contributed by atoms with Crippen molar-refractivity contribution >= 4 is 45.5 Å². The molecule has 0 radical (unpaired) electrons. The molecule has 24 heavy (non-hydrogen) atoms. The zero-order valence-electron chi connectivity index (χ0n) is 13.6. The van der Waals surface area contributed by atoms with Gasteiger partial charge in [-0.05, 0) is 55.8 Å². The van der Waals surface area contributed by atoms with E-state index in [-0.39, 0.29) is 0 Å². The van der Waals surface area contributed by atoms with Crippen LogP contribution >= 0.6 is 23.2 Å². The van der Waals surface area contributed by atoms with E-state index in [2.05, 4.69) is 17.2 Å². The van der Waals surface area contributed by atoms with Crippen molar-refractivity contribution in [2.24, 2.45) is 0 Å². The number of pyridine rings is 1. The van der Waals surface area contributed by atoms with E-state index in [1.807, 2.05) is 43.3 Å². The molecular weight excluding hydrogens is 343 g/mol. The molecule has 0 aliphatic carbocycles. The minimum absolute atomic E-state index is 0.517. The molecule has 124 valence electrons. The third kappa shape index (κ3) is 3.74. The molecule has 1 N–H and O–H groups in total. The Kier molecular flexibility index (Phi) is 5.12. The smallest absolute Gasteiger partial charge is 0.120 e. The number of anilines is 2. The second-order valence-corrected chi connectivity index (χ2v) is 6.41. The third-order valence-corrected chi connectivity index (χ3v) is 4.32. The molecule has 3 aromatic rings. The van der Waals surface area contributed by atoms with Crippen molar-refractivity contribution in [1.82, 2.24) is 4.98 Å². The van der Waals surface area contributed by atoms with Gasteiger partial charge < -0.3 is 10.1 Å². The van der Waals surface area contributed by atoms with E-state index < -0.39 is 0 Å². The Morgan fingerprint density at radius 2 is 1.88 bits per heavy atom. The van der Waals surface area contributed by atoms with Crippen molar-refractivity contribution in [1.29, 1.82) is 0 Å². The zero-order chi connectivity index (χ0) is 17.1. The van der Waals surface area contributed by atoms with Crippen molar-refractivity contribution < 1.29 is 4.74 Å². The number of fused-ring (bicyclic) bond motifs is 1. The number of halogens is 2. The van der Waals surface area contributed by atoms with Gasteiger partial charge in [-0.3, -0.25) is 4.98 Å². The van der Waals surface area contributed by atoms with Gasteiger partial charge in [-0.15, -0.1) is 0 Å². The monoisotopic (exact) mass is 360 g/mol. The number of rotatable bonds is 5. The average Bonchev–Trinajstić information content (AvgIpc) is 2.56. The van der Waals surface area contributed by atoms with Crippen LogP contribution in [0.5, 0.6) is 5.75 Å². The number of hydrogen-bond acceptors (Lipinski definition) is 3. The summed E-state index contributed by atoms with van der Waals surface area (Å²) in [5.41, 5.74) is 3.68. The lowest BCUT2D eigenvalue weighted by molar-refractivity contribution is 0.318. The zero-order valence-corrected chi connectivity index (χ0v) is 15.1. The highest BCUT2D eigenvalue weighted by molar-refractivity contribution is 6.42. The van der Waals surface area contributed by atoms with Crippen molar-refractivity contribution in [3.63, 3.8) is 0 Å². The van der Waals surface area contributed by atoms with Crippen LogP contribution in [0.25, 0.3) is 10.9 Å². The lowest BCUT2D eigenvalue weighted by Crippen LogP contribution is -1.97. The van der Waals surface area contributed by atoms with Crippen molar-refractivity contribution in [2.45, 2.75) is 20.3 Å². The van der Waals surface area contributed by atoms with Crippen LogP contribution in [-0.2, 0) is 0 Å². The maximum absolute atomic E-state index is 6.11. The summed E-state index contributed by atoms with van der Waals surface area (Å²) in [5, 5.41) is 5.45. The normalized spacial score (nSPS) is 10.8. The molecule has 2 aromatic carbocycles. The fourth-order valence-corrected chi connectivity index (χ4v) is 2.78. The van der Waals surface area contributed by atoms with E-state index in [0.717, 1.165) is 40.1 Å². The molecule has 0 saturated heterocycles. The summed E-state index contributed by atoms with van der Waals surface area (Å²) in [6.45, 7) is 4.75. The first kappa shape index (κ1) is 16.9. The second-order valence-electron chi connectivity index (χ2n) is 5.59. The van der Waals surface area contributed by atoms with E-state index in [9.17, 15) is 0 Å². The maximum Gasteiger partial charge on any atom is 0.120 e. The molecule has 1 heterocycles. The van der Waals surface area contributed by atoms with Gasteiger partial charge in [0.1, 0.15) is 5.75 Å². The van der Waals surface area contributed by atoms with Gasteiger partial charge in [-0.25, -0.2) is 0 Å². The van der Waals surface area contributed by atoms with Gasteiger partial charge in [0.05, 0.1) is 22.2 Å². The molecule has 0 fully saturated rings. The van der Waals surface area contributed by atoms with E-state index in [1.54, 1.807) is 6.07 Å². The SMILES string of the molecule is CCCOc1ccc2nc(C)cc(Nc3ccc(Cl)c(Cl)c3)c2c1. The van der Waals surface area contributed by atoms with Crippen molar-refractivity contribution in [3.05, 3.63) is 58.2 Å². The number of nitrogens with one attached hydrogen (secondary N) is 1. The van der Waals surface area contributed by atoms with Gasteiger partial charge in [0.15, 0.2) is 0 Å². The molecule has 5 heteroatoms. The highest BCUT2D eigenvalue weighted by Crippen LogP contribution is 2.32. The molecule has 0 spiro atoms. The van der Waals surface area contributed by atoms with Gasteiger partial charge in [0, 0.05) is 22.5 Å². The molecule has 0 aliphatic rings. The summed E-state index contributed by atoms with van der Waals surface area (Å²) >= 11 is 12.1. The van der Waals surface area contributed by atoms with Crippen LogP contribution in [0.4, 0.5) is 11.4 Å². The Bertz CT molecular complexity index is 881. The van der Waals surface area contributed by atoms with E-state index in [4.69, 9.17) is 27.9 Å². The lowest BCUT2D eigenvalue weighted by Gasteiger charge is -2.13. The number of hydrogen-bond donors (Lipinski definition) is 1. The summed E-state index contributed by atoms with van der Waals surface area (Å²) in [6.07, 6.45) is 0.971. The van der Waals surface area contributed by atoms with Crippen LogP contribution in [-0.4, -0.2) is 11.6 Å². The number of aromatic nitrogens is 1. The fraction of sp³-hybridized carbons (Fsp3) is 0.211. The van der Waals surface area contributed by atoms with Crippen molar-refractivity contribution in [3.8, 4) is 5.75 Å². The second kappa shape index (κ2) is 7.29. The van der Waals surface area contributed by atoms with Crippen LogP contribution in [0.2, 0.25) is 10.0 Å². The molecule has 0 saturated carbocycles.